The van der Waals surface area contributed by atoms with Crippen LogP contribution in [0.1, 0.15) is 52.0 Å². The number of sulfonamides is 1. The summed E-state index contributed by atoms with van der Waals surface area (Å²) >= 11 is 0. The summed E-state index contributed by atoms with van der Waals surface area (Å²) in [7, 11) is -2.17. The van der Waals surface area contributed by atoms with Crippen LogP contribution in [0.25, 0.3) is 0 Å². The Morgan fingerprint density at radius 2 is 1.81 bits per heavy atom. The highest BCUT2D eigenvalue weighted by atomic mass is 32.2. The molecule has 0 saturated carbocycles. The first kappa shape index (κ1) is 21.7. The topological polar surface area (TPSA) is 66.9 Å². The quantitative estimate of drug-likeness (QED) is 0.710. The minimum Gasteiger partial charge on any atom is -0.495 e. The van der Waals surface area contributed by atoms with Crippen LogP contribution in [0.3, 0.4) is 0 Å². The Labute approximate surface area is 163 Å². The van der Waals surface area contributed by atoms with Crippen molar-refractivity contribution in [3.63, 3.8) is 0 Å². The number of carbonyl (C=O) groups excluding carboxylic acids is 1. The standard InChI is InChI=1S/C20H32N2O4S/c1-6-21(7-2)20(23)16-10-12-22(13-11-16)27(24,25)19-14-17(15(3)4)8-9-18(19)26-5/h8-9,14-16H,6-7,10-13H2,1-5H3. The number of hydrogen-bond acceptors (Lipinski definition) is 4. The van der Waals surface area contributed by atoms with Crippen LogP contribution in [0.2, 0.25) is 0 Å². The molecule has 0 bridgehead atoms. The third-order valence-corrected chi connectivity index (χ3v) is 7.27. The third-order valence-electron chi connectivity index (χ3n) is 5.35. The lowest BCUT2D eigenvalue weighted by atomic mass is 9.96. The Hall–Kier alpha value is -1.60. The molecule has 152 valence electrons. The zero-order valence-electron chi connectivity index (χ0n) is 17.1. The molecule has 7 heteroatoms. The molecule has 2 rings (SSSR count). The molecule has 6 nitrogen and oxygen atoms in total. The number of benzene rings is 1. The molecule has 27 heavy (non-hydrogen) atoms. The molecular formula is C20H32N2O4S. The second-order valence-corrected chi connectivity index (χ2v) is 9.16. The summed E-state index contributed by atoms with van der Waals surface area (Å²) in [5.74, 6) is 0.625. The van der Waals surface area contributed by atoms with E-state index in [2.05, 4.69) is 0 Å². The van der Waals surface area contributed by atoms with Crippen molar-refractivity contribution in [2.24, 2.45) is 5.92 Å². The van der Waals surface area contributed by atoms with Gasteiger partial charge < -0.3 is 9.64 Å². The molecule has 1 aliphatic heterocycles. The lowest BCUT2D eigenvalue weighted by Crippen LogP contribution is -2.44. The first-order valence-electron chi connectivity index (χ1n) is 9.73. The normalized spacial score (nSPS) is 16.5. The molecule has 1 fully saturated rings. The molecule has 1 aromatic carbocycles. The SMILES string of the molecule is CCN(CC)C(=O)C1CCN(S(=O)(=O)c2cc(C(C)C)ccc2OC)CC1. The monoisotopic (exact) mass is 396 g/mol. The van der Waals surface area contributed by atoms with Crippen LogP contribution >= 0.6 is 0 Å². The largest absolute Gasteiger partial charge is 0.495 e. The number of hydrogen-bond donors (Lipinski definition) is 0. The minimum atomic E-state index is -3.66. The summed E-state index contributed by atoms with van der Waals surface area (Å²) in [6, 6.07) is 5.34. The summed E-state index contributed by atoms with van der Waals surface area (Å²) < 4.78 is 33.2. The number of piperidine rings is 1. The van der Waals surface area contributed by atoms with Gasteiger partial charge >= 0.3 is 0 Å². The fourth-order valence-corrected chi connectivity index (χ4v) is 5.19. The van der Waals surface area contributed by atoms with Crippen molar-refractivity contribution in [2.45, 2.75) is 51.3 Å². The maximum Gasteiger partial charge on any atom is 0.246 e. The maximum atomic E-state index is 13.2. The van der Waals surface area contributed by atoms with Gasteiger partial charge in [0.2, 0.25) is 15.9 Å². The van der Waals surface area contributed by atoms with Crippen molar-refractivity contribution in [3.8, 4) is 5.75 Å². The summed E-state index contributed by atoms with van der Waals surface area (Å²) in [6.07, 6.45) is 1.11. The van der Waals surface area contributed by atoms with Crippen LogP contribution in [-0.4, -0.2) is 56.8 Å². The zero-order chi connectivity index (χ0) is 20.2. The Balaban J connectivity index is 2.20. The van der Waals surface area contributed by atoms with Gasteiger partial charge in [0.05, 0.1) is 7.11 Å². The number of carbonyl (C=O) groups is 1. The predicted octanol–water partition coefficient (Wildman–Crippen LogP) is 3.09. The highest BCUT2D eigenvalue weighted by Crippen LogP contribution is 2.32. The summed E-state index contributed by atoms with van der Waals surface area (Å²) in [4.78, 5) is 14.6. The Morgan fingerprint density at radius 3 is 2.30 bits per heavy atom. The van der Waals surface area contributed by atoms with Crippen molar-refractivity contribution in [1.82, 2.24) is 9.21 Å². The smallest absolute Gasteiger partial charge is 0.246 e. The fraction of sp³-hybridized carbons (Fsp3) is 0.650. The van der Waals surface area contributed by atoms with E-state index in [1.54, 1.807) is 12.1 Å². The van der Waals surface area contributed by atoms with E-state index in [0.717, 1.165) is 5.56 Å². The molecule has 0 aromatic heterocycles. The molecule has 1 aromatic rings. The molecule has 1 saturated heterocycles. The maximum absolute atomic E-state index is 13.2. The number of methoxy groups -OCH3 is 1. The number of ether oxygens (including phenoxy) is 1. The first-order chi connectivity index (χ1) is 12.8. The van der Waals surface area contributed by atoms with Crippen LogP contribution in [0.5, 0.6) is 5.75 Å². The van der Waals surface area contributed by atoms with E-state index in [1.165, 1.54) is 11.4 Å². The van der Waals surface area contributed by atoms with Gasteiger partial charge in [0.25, 0.3) is 0 Å². The Bertz CT molecular complexity index is 749. The molecular weight excluding hydrogens is 364 g/mol. The van der Waals surface area contributed by atoms with E-state index in [9.17, 15) is 13.2 Å². The lowest BCUT2D eigenvalue weighted by Gasteiger charge is -2.33. The van der Waals surface area contributed by atoms with Gasteiger partial charge in [0.1, 0.15) is 10.6 Å². The molecule has 1 amide bonds. The zero-order valence-corrected chi connectivity index (χ0v) is 17.9. The van der Waals surface area contributed by atoms with Gasteiger partial charge in [-0.15, -0.1) is 0 Å². The van der Waals surface area contributed by atoms with Crippen molar-refractivity contribution in [2.75, 3.05) is 33.3 Å². The van der Waals surface area contributed by atoms with Crippen LogP contribution in [0.4, 0.5) is 0 Å². The lowest BCUT2D eigenvalue weighted by molar-refractivity contribution is -0.136. The summed E-state index contributed by atoms with van der Waals surface area (Å²) in [6.45, 7) is 10.1. The third kappa shape index (κ3) is 4.63. The van der Waals surface area contributed by atoms with Gasteiger partial charge in [-0.05, 0) is 50.3 Å². The fourth-order valence-electron chi connectivity index (χ4n) is 3.53. The minimum absolute atomic E-state index is 0.0970. The first-order valence-corrected chi connectivity index (χ1v) is 11.2. The van der Waals surface area contributed by atoms with Crippen LogP contribution < -0.4 is 4.74 Å². The van der Waals surface area contributed by atoms with Gasteiger partial charge in [-0.2, -0.15) is 4.31 Å². The average molecular weight is 397 g/mol. The van der Waals surface area contributed by atoms with Crippen molar-refractivity contribution < 1.29 is 17.9 Å². The molecule has 0 unspecified atom stereocenters. The Morgan fingerprint density at radius 1 is 1.22 bits per heavy atom. The second-order valence-electron chi connectivity index (χ2n) is 7.25. The van der Waals surface area contributed by atoms with E-state index in [4.69, 9.17) is 4.74 Å². The van der Waals surface area contributed by atoms with Crippen LogP contribution in [-0.2, 0) is 14.8 Å². The number of rotatable bonds is 7. The highest BCUT2D eigenvalue weighted by molar-refractivity contribution is 7.89. The molecule has 0 radical (unpaired) electrons. The van der Waals surface area contributed by atoms with Gasteiger partial charge in [-0.25, -0.2) is 8.42 Å². The van der Waals surface area contributed by atoms with E-state index in [-0.39, 0.29) is 22.6 Å². The second kappa shape index (κ2) is 9.06. The average Bonchev–Trinajstić information content (AvgIpc) is 2.68. The molecule has 0 atom stereocenters. The summed E-state index contributed by atoms with van der Waals surface area (Å²) in [5, 5.41) is 0. The van der Waals surface area contributed by atoms with E-state index in [1.807, 2.05) is 38.7 Å². The van der Waals surface area contributed by atoms with E-state index < -0.39 is 10.0 Å². The molecule has 1 aliphatic rings. The molecule has 0 N–H and O–H groups in total. The van der Waals surface area contributed by atoms with Crippen molar-refractivity contribution in [3.05, 3.63) is 23.8 Å². The number of nitrogens with zero attached hydrogens (tertiary/aromatic N) is 2. The molecule has 0 spiro atoms. The van der Waals surface area contributed by atoms with E-state index in [0.29, 0.717) is 44.8 Å². The Kier molecular flexibility index (Phi) is 7.28. The van der Waals surface area contributed by atoms with Crippen LogP contribution in [0, 0.1) is 5.92 Å². The molecule has 1 heterocycles. The predicted molar refractivity (Wildman–Crippen MR) is 106 cm³/mol. The van der Waals surface area contributed by atoms with Crippen molar-refractivity contribution >= 4 is 15.9 Å². The highest BCUT2D eigenvalue weighted by Gasteiger charge is 2.34. The molecule has 0 aliphatic carbocycles. The van der Waals surface area contributed by atoms with Crippen molar-refractivity contribution in [1.29, 1.82) is 0 Å². The van der Waals surface area contributed by atoms with Crippen LogP contribution in [0.15, 0.2) is 23.1 Å². The number of amides is 1. The van der Waals surface area contributed by atoms with Gasteiger partial charge in [0.15, 0.2) is 0 Å². The van der Waals surface area contributed by atoms with E-state index >= 15 is 0 Å². The van der Waals surface area contributed by atoms with Gasteiger partial charge in [0, 0.05) is 32.1 Å². The van der Waals surface area contributed by atoms with Gasteiger partial charge in [-0.3, -0.25) is 4.79 Å². The summed E-state index contributed by atoms with van der Waals surface area (Å²) in [5.41, 5.74) is 0.959. The van der Waals surface area contributed by atoms with Gasteiger partial charge in [-0.1, -0.05) is 19.9 Å².